The van der Waals surface area contributed by atoms with Crippen LogP contribution in [0.2, 0.25) is 0 Å². The van der Waals surface area contributed by atoms with Gasteiger partial charge >= 0.3 is 0 Å². The molecule has 1 heterocycles. The van der Waals surface area contributed by atoms with Crippen LogP contribution in [0.15, 0.2) is 12.1 Å². The van der Waals surface area contributed by atoms with Crippen LogP contribution in [0.5, 0.6) is 11.5 Å². The lowest BCUT2D eigenvalue weighted by Crippen LogP contribution is -2.48. The fourth-order valence-electron chi connectivity index (χ4n) is 2.83. The van der Waals surface area contributed by atoms with Gasteiger partial charge in [0.2, 0.25) is 0 Å². The lowest BCUT2D eigenvalue weighted by Gasteiger charge is -2.38. The van der Waals surface area contributed by atoms with Gasteiger partial charge in [0.15, 0.2) is 0 Å². The third kappa shape index (κ3) is 3.41. The van der Waals surface area contributed by atoms with E-state index in [2.05, 4.69) is 23.9 Å². The van der Waals surface area contributed by atoms with Crippen molar-refractivity contribution in [2.24, 2.45) is 5.92 Å². The standard InChI is InChI=1S/C15H23FN2O2/c1-17-7-11(8-17)9-18(2)10-13-14(19-3)5-12(16)6-15(13)20-4/h5-6,11H,7-10H2,1-4H3. The Morgan fingerprint density at radius 3 is 2.25 bits per heavy atom. The Morgan fingerprint density at radius 2 is 1.80 bits per heavy atom. The lowest BCUT2D eigenvalue weighted by atomic mass is 10.0. The molecule has 0 radical (unpaired) electrons. The highest BCUT2D eigenvalue weighted by Crippen LogP contribution is 2.31. The third-order valence-electron chi connectivity index (χ3n) is 3.71. The highest BCUT2D eigenvalue weighted by atomic mass is 19.1. The summed E-state index contributed by atoms with van der Waals surface area (Å²) >= 11 is 0. The van der Waals surface area contributed by atoms with E-state index in [4.69, 9.17) is 9.47 Å². The fraction of sp³-hybridized carbons (Fsp3) is 0.600. The van der Waals surface area contributed by atoms with Crippen molar-refractivity contribution in [2.45, 2.75) is 6.54 Å². The van der Waals surface area contributed by atoms with E-state index >= 15 is 0 Å². The van der Waals surface area contributed by atoms with Crippen LogP contribution in [0.3, 0.4) is 0 Å². The number of methoxy groups -OCH3 is 2. The van der Waals surface area contributed by atoms with Gasteiger partial charge in [0.1, 0.15) is 17.3 Å². The van der Waals surface area contributed by atoms with Gasteiger partial charge in [-0.3, -0.25) is 0 Å². The van der Waals surface area contributed by atoms with Crippen LogP contribution in [-0.4, -0.2) is 57.7 Å². The van der Waals surface area contributed by atoms with Crippen molar-refractivity contribution in [3.05, 3.63) is 23.5 Å². The van der Waals surface area contributed by atoms with Crippen molar-refractivity contribution in [3.8, 4) is 11.5 Å². The molecule has 1 aliphatic rings. The Hall–Kier alpha value is -1.33. The Balaban J connectivity index is 2.07. The normalized spacial score (nSPS) is 16.3. The summed E-state index contributed by atoms with van der Waals surface area (Å²) in [7, 11) is 7.31. The first kappa shape index (κ1) is 15.1. The molecule has 0 unspecified atom stereocenters. The quantitative estimate of drug-likeness (QED) is 0.795. The van der Waals surface area contributed by atoms with Gasteiger partial charge in [-0.2, -0.15) is 0 Å². The number of likely N-dealkylation sites (tertiary alicyclic amines) is 1. The van der Waals surface area contributed by atoms with Gasteiger partial charge in [-0.05, 0) is 20.0 Å². The predicted molar refractivity (Wildman–Crippen MR) is 76.8 cm³/mol. The molecule has 1 aromatic carbocycles. The number of hydrogen-bond acceptors (Lipinski definition) is 4. The molecule has 0 aliphatic carbocycles. The average Bonchev–Trinajstić information content (AvgIpc) is 2.38. The monoisotopic (exact) mass is 282 g/mol. The predicted octanol–water partition coefficient (Wildman–Crippen LogP) is 1.84. The Kier molecular flexibility index (Phi) is 4.83. The zero-order chi connectivity index (χ0) is 14.7. The molecule has 4 nitrogen and oxygen atoms in total. The van der Waals surface area contributed by atoms with Gasteiger partial charge in [0.05, 0.1) is 19.8 Å². The smallest absolute Gasteiger partial charge is 0.130 e. The molecule has 5 heteroatoms. The largest absolute Gasteiger partial charge is 0.496 e. The number of benzene rings is 1. The van der Waals surface area contributed by atoms with Crippen LogP contribution >= 0.6 is 0 Å². The highest BCUT2D eigenvalue weighted by molar-refractivity contribution is 5.45. The number of hydrogen-bond donors (Lipinski definition) is 0. The molecular formula is C15H23FN2O2. The molecule has 0 bridgehead atoms. The minimum atomic E-state index is -0.342. The molecular weight excluding hydrogens is 259 g/mol. The van der Waals surface area contributed by atoms with Gasteiger partial charge in [0, 0.05) is 38.3 Å². The zero-order valence-electron chi connectivity index (χ0n) is 12.6. The van der Waals surface area contributed by atoms with Crippen molar-refractivity contribution < 1.29 is 13.9 Å². The van der Waals surface area contributed by atoms with Gasteiger partial charge in [-0.15, -0.1) is 0 Å². The van der Waals surface area contributed by atoms with E-state index in [0.717, 1.165) is 25.2 Å². The van der Waals surface area contributed by atoms with Crippen LogP contribution in [0.25, 0.3) is 0 Å². The molecule has 20 heavy (non-hydrogen) atoms. The van der Waals surface area contributed by atoms with E-state index in [-0.39, 0.29) is 5.82 Å². The van der Waals surface area contributed by atoms with E-state index in [1.54, 1.807) is 14.2 Å². The van der Waals surface area contributed by atoms with Gasteiger partial charge in [-0.1, -0.05) is 0 Å². The Bertz CT molecular complexity index is 436. The third-order valence-corrected chi connectivity index (χ3v) is 3.71. The Labute approximate surface area is 120 Å². The van der Waals surface area contributed by atoms with E-state index in [0.29, 0.717) is 24.0 Å². The molecule has 0 N–H and O–H groups in total. The summed E-state index contributed by atoms with van der Waals surface area (Å²) in [6, 6.07) is 2.81. The first-order valence-electron chi connectivity index (χ1n) is 6.81. The second-order valence-corrected chi connectivity index (χ2v) is 5.57. The molecule has 0 saturated carbocycles. The molecule has 1 aromatic rings. The molecule has 1 saturated heterocycles. The van der Waals surface area contributed by atoms with Crippen LogP contribution in [0, 0.1) is 11.7 Å². The van der Waals surface area contributed by atoms with E-state index < -0.39 is 0 Å². The van der Waals surface area contributed by atoms with E-state index in [1.807, 2.05) is 0 Å². The maximum atomic E-state index is 13.5. The summed E-state index contributed by atoms with van der Waals surface area (Å²) in [6.07, 6.45) is 0. The van der Waals surface area contributed by atoms with Gasteiger partial charge in [0.25, 0.3) is 0 Å². The summed E-state index contributed by atoms with van der Waals surface area (Å²) in [6.45, 7) is 3.99. The van der Waals surface area contributed by atoms with Crippen LogP contribution < -0.4 is 9.47 Å². The van der Waals surface area contributed by atoms with Crippen molar-refractivity contribution in [3.63, 3.8) is 0 Å². The van der Waals surface area contributed by atoms with Crippen molar-refractivity contribution in [2.75, 3.05) is 47.9 Å². The molecule has 0 aromatic heterocycles. The molecule has 0 spiro atoms. The fourth-order valence-corrected chi connectivity index (χ4v) is 2.83. The van der Waals surface area contributed by atoms with Crippen LogP contribution in [0.4, 0.5) is 4.39 Å². The first-order chi connectivity index (χ1) is 9.53. The molecule has 112 valence electrons. The maximum absolute atomic E-state index is 13.5. The van der Waals surface area contributed by atoms with E-state index in [9.17, 15) is 4.39 Å². The zero-order valence-corrected chi connectivity index (χ0v) is 12.6. The van der Waals surface area contributed by atoms with Crippen molar-refractivity contribution >= 4 is 0 Å². The SMILES string of the molecule is COc1cc(F)cc(OC)c1CN(C)CC1CN(C)C1. The number of halogens is 1. The molecule has 0 atom stereocenters. The number of nitrogens with zero attached hydrogens (tertiary/aromatic N) is 2. The minimum Gasteiger partial charge on any atom is -0.496 e. The number of ether oxygens (including phenoxy) is 2. The summed E-state index contributed by atoms with van der Waals surface area (Å²) in [5.74, 6) is 1.45. The van der Waals surface area contributed by atoms with Crippen molar-refractivity contribution in [1.82, 2.24) is 9.80 Å². The summed E-state index contributed by atoms with van der Waals surface area (Å²) in [4.78, 5) is 4.54. The summed E-state index contributed by atoms with van der Waals surface area (Å²) < 4.78 is 24.0. The maximum Gasteiger partial charge on any atom is 0.130 e. The Morgan fingerprint density at radius 1 is 1.25 bits per heavy atom. The summed E-state index contributed by atoms with van der Waals surface area (Å²) in [5, 5.41) is 0. The van der Waals surface area contributed by atoms with Gasteiger partial charge < -0.3 is 19.3 Å². The lowest BCUT2D eigenvalue weighted by molar-refractivity contribution is 0.0974. The van der Waals surface area contributed by atoms with Crippen molar-refractivity contribution in [1.29, 1.82) is 0 Å². The molecule has 1 aliphatic heterocycles. The summed E-state index contributed by atoms with van der Waals surface area (Å²) in [5.41, 5.74) is 0.895. The van der Waals surface area contributed by atoms with Crippen LogP contribution in [0.1, 0.15) is 5.56 Å². The second kappa shape index (κ2) is 6.41. The van der Waals surface area contributed by atoms with Crippen LogP contribution in [-0.2, 0) is 6.54 Å². The number of rotatable bonds is 6. The minimum absolute atomic E-state index is 0.342. The topological polar surface area (TPSA) is 24.9 Å². The first-order valence-corrected chi connectivity index (χ1v) is 6.81. The van der Waals surface area contributed by atoms with Gasteiger partial charge in [-0.25, -0.2) is 4.39 Å². The molecule has 1 fully saturated rings. The molecule has 2 rings (SSSR count). The van der Waals surface area contributed by atoms with E-state index in [1.165, 1.54) is 12.1 Å². The average molecular weight is 282 g/mol. The molecule has 0 amide bonds. The second-order valence-electron chi connectivity index (χ2n) is 5.57. The highest BCUT2D eigenvalue weighted by Gasteiger charge is 2.25.